The molecule has 0 aliphatic rings. The van der Waals surface area contributed by atoms with Crippen LogP contribution in [-0.4, -0.2) is 25.0 Å². The van der Waals surface area contributed by atoms with Crippen molar-refractivity contribution >= 4 is 11.8 Å². The van der Waals surface area contributed by atoms with Gasteiger partial charge in [-0.15, -0.1) is 0 Å². The van der Waals surface area contributed by atoms with Gasteiger partial charge >= 0.3 is 0 Å². The van der Waals surface area contributed by atoms with E-state index in [1.165, 1.54) is 0 Å². The lowest BCUT2D eigenvalue weighted by atomic mass is 10.2. The molecule has 1 aromatic rings. The van der Waals surface area contributed by atoms with Gasteiger partial charge in [0.05, 0.1) is 12.2 Å². The van der Waals surface area contributed by atoms with Gasteiger partial charge in [-0.1, -0.05) is 26.0 Å². The predicted molar refractivity (Wildman–Crippen MR) is 76.1 cm³/mol. The molecular formula is C14H21N3O3. The average Bonchev–Trinajstić information content (AvgIpc) is 2.45. The van der Waals surface area contributed by atoms with Crippen molar-refractivity contribution in [3.63, 3.8) is 0 Å². The number of carbonyl (C=O) groups excluding carboxylic acids is 2. The maximum atomic E-state index is 12.0. The Hall–Kier alpha value is -2.08. The van der Waals surface area contributed by atoms with E-state index in [1.54, 1.807) is 18.2 Å². The molecule has 0 saturated heterocycles. The highest BCUT2D eigenvalue weighted by atomic mass is 16.5. The van der Waals surface area contributed by atoms with Crippen LogP contribution in [-0.2, 0) is 4.79 Å². The molecule has 0 fully saturated rings. The van der Waals surface area contributed by atoms with E-state index >= 15 is 0 Å². The number of para-hydroxylation sites is 1. The Bertz CT molecular complexity index is 461. The molecule has 0 unspecified atom stereocenters. The zero-order valence-electron chi connectivity index (χ0n) is 11.8. The quantitative estimate of drug-likeness (QED) is 0.391. The van der Waals surface area contributed by atoms with Crippen LogP contribution in [0.4, 0.5) is 0 Å². The standard InChI is InChI=1S/C14H21N3O3/c1-10(2)9-20-12-6-4-3-5-11(12)14(19)16-8-7-13(18)17-15/h3-6,10H,7-9,15H2,1-2H3,(H,16,19)(H,17,18). The van der Waals surface area contributed by atoms with Crippen molar-refractivity contribution in [3.8, 4) is 5.75 Å². The Morgan fingerprint density at radius 3 is 2.65 bits per heavy atom. The fourth-order valence-corrected chi connectivity index (χ4v) is 1.49. The van der Waals surface area contributed by atoms with Crippen molar-refractivity contribution in [2.75, 3.05) is 13.2 Å². The van der Waals surface area contributed by atoms with Gasteiger partial charge in [0.2, 0.25) is 5.91 Å². The highest BCUT2D eigenvalue weighted by molar-refractivity contribution is 5.97. The van der Waals surface area contributed by atoms with Gasteiger partial charge in [-0.05, 0) is 18.1 Å². The Labute approximate surface area is 118 Å². The summed E-state index contributed by atoms with van der Waals surface area (Å²) in [7, 11) is 0. The first-order chi connectivity index (χ1) is 9.54. The van der Waals surface area contributed by atoms with Crippen LogP contribution >= 0.6 is 0 Å². The first-order valence-electron chi connectivity index (χ1n) is 6.54. The highest BCUT2D eigenvalue weighted by Gasteiger charge is 2.12. The molecular weight excluding hydrogens is 258 g/mol. The van der Waals surface area contributed by atoms with Crippen molar-refractivity contribution in [1.82, 2.24) is 10.7 Å². The molecule has 0 atom stereocenters. The van der Waals surface area contributed by atoms with E-state index in [-0.39, 0.29) is 24.8 Å². The summed E-state index contributed by atoms with van der Waals surface area (Å²) in [5.41, 5.74) is 2.47. The number of nitrogens with two attached hydrogens (primary N) is 1. The lowest BCUT2D eigenvalue weighted by Crippen LogP contribution is -2.34. The molecule has 6 nitrogen and oxygen atoms in total. The van der Waals surface area contributed by atoms with Gasteiger partial charge in [0, 0.05) is 13.0 Å². The number of ether oxygens (including phenoxy) is 1. The average molecular weight is 279 g/mol. The topological polar surface area (TPSA) is 93.4 Å². The van der Waals surface area contributed by atoms with Gasteiger partial charge in [0.15, 0.2) is 0 Å². The molecule has 0 aliphatic carbocycles. The number of benzene rings is 1. The van der Waals surface area contributed by atoms with Crippen molar-refractivity contribution in [3.05, 3.63) is 29.8 Å². The second kappa shape index (κ2) is 8.16. The minimum atomic E-state index is -0.324. The fourth-order valence-electron chi connectivity index (χ4n) is 1.49. The molecule has 0 bridgehead atoms. The van der Waals surface area contributed by atoms with Gasteiger partial charge in [0.1, 0.15) is 5.75 Å². The number of hydrogen-bond acceptors (Lipinski definition) is 4. The van der Waals surface area contributed by atoms with Crippen LogP contribution in [0.5, 0.6) is 5.75 Å². The smallest absolute Gasteiger partial charge is 0.255 e. The summed E-state index contributed by atoms with van der Waals surface area (Å²) < 4.78 is 5.61. The molecule has 6 heteroatoms. The summed E-state index contributed by atoms with van der Waals surface area (Å²) in [6.07, 6.45) is 0.136. The molecule has 1 rings (SSSR count). The SMILES string of the molecule is CC(C)COc1ccccc1C(=O)NCCC(=O)NN. The van der Waals surface area contributed by atoms with Crippen molar-refractivity contribution < 1.29 is 14.3 Å². The van der Waals surface area contributed by atoms with Crippen molar-refractivity contribution in [2.24, 2.45) is 11.8 Å². The second-order valence-corrected chi connectivity index (χ2v) is 4.77. The van der Waals surface area contributed by atoms with Gasteiger partial charge < -0.3 is 10.1 Å². The van der Waals surface area contributed by atoms with E-state index in [0.717, 1.165) is 0 Å². The Kier molecular flexibility index (Phi) is 6.52. The van der Waals surface area contributed by atoms with E-state index in [1.807, 2.05) is 25.3 Å². The van der Waals surface area contributed by atoms with Gasteiger partial charge in [-0.25, -0.2) is 5.84 Å². The molecule has 0 radical (unpaired) electrons. The van der Waals surface area contributed by atoms with E-state index in [4.69, 9.17) is 10.6 Å². The van der Waals surface area contributed by atoms with Gasteiger partial charge in [-0.3, -0.25) is 15.0 Å². The minimum Gasteiger partial charge on any atom is -0.492 e. The Balaban J connectivity index is 2.60. The van der Waals surface area contributed by atoms with Gasteiger partial charge in [0.25, 0.3) is 5.91 Å². The van der Waals surface area contributed by atoms with Crippen LogP contribution < -0.4 is 21.3 Å². The molecule has 0 aromatic heterocycles. The highest BCUT2D eigenvalue weighted by Crippen LogP contribution is 2.18. The van der Waals surface area contributed by atoms with Crippen molar-refractivity contribution in [1.29, 1.82) is 0 Å². The summed E-state index contributed by atoms with van der Waals surface area (Å²) in [6.45, 7) is 4.84. The number of hydrogen-bond donors (Lipinski definition) is 3. The van der Waals surface area contributed by atoms with E-state index < -0.39 is 0 Å². The molecule has 4 N–H and O–H groups in total. The molecule has 0 aliphatic heterocycles. The third-order valence-corrected chi connectivity index (χ3v) is 2.50. The zero-order valence-corrected chi connectivity index (χ0v) is 11.8. The van der Waals surface area contributed by atoms with Crippen LogP contribution in [0.2, 0.25) is 0 Å². The normalized spacial score (nSPS) is 10.2. The third-order valence-electron chi connectivity index (χ3n) is 2.50. The Morgan fingerprint density at radius 2 is 2.00 bits per heavy atom. The van der Waals surface area contributed by atoms with Crippen LogP contribution in [0.1, 0.15) is 30.6 Å². The summed E-state index contributed by atoms with van der Waals surface area (Å²) in [5, 5.41) is 2.66. The summed E-state index contributed by atoms with van der Waals surface area (Å²) >= 11 is 0. The minimum absolute atomic E-state index is 0.136. The van der Waals surface area contributed by atoms with Crippen molar-refractivity contribution in [2.45, 2.75) is 20.3 Å². The molecule has 1 aromatic carbocycles. The molecule has 0 heterocycles. The fraction of sp³-hybridized carbons (Fsp3) is 0.429. The summed E-state index contributed by atoms with van der Waals surface area (Å²) in [4.78, 5) is 23.0. The largest absolute Gasteiger partial charge is 0.492 e. The molecule has 0 spiro atoms. The first kappa shape index (κ1) is 16.0. The monoisotopic (exact) mass is 279 g/mol. The van der Waals surface area contributed by atoms with E-state index in [0.29, 0.717) is 23.8 Å². The maximum absolute atomic E-state index is 12.0. The lowest BCUT2D eigenvalue weighted by Gasteiger charge is -2.13. The first-order valence-corrected chi connectivity index (χ1v) is 6.54. The van der Waals surface area contributed by atoms with Crippen LogP contribution in [0.3, 0.4) is 0 Å². The number of rotatable bonds is 7. The zero-order chi connectivity index (χ0) is 15.0. The summed E-state index contributed by atoms with van der Waals surface area (Å²) in [6, 6.07) is 7.02. The molecule has 20 heavy (non-hydrogen) atoms. The lowest BCUT2D eigenvalue weighted by molar-refractivity contribution is -0.121. The van der Waals surface area contributed by atoms with E-state index in [9.17, 15) is 9.59 Å². The predicted octanol–water partition coefficient (Wildman–Crippen LogP) is 0.831. The number of amides is 2. The number of hydrazine groups is 1. The molecule has 0 saturated carbocycles. The second-order valence-electron chi connectivity index (χ2n) is 4.77. The number of carbonyl (C=O) groups is 2. The van der Waals surface area contributed by atoms with Crippen LogP contribution in [0.15, 0.2) is 24.3 Å². The third kappa shape index (κ3) is 5.27. The Morgan fingerprint density at radius 1 is 1.30 bits per heavy atom. The maximum Gasteiger partial charge on any atom is 0.255 e. The number of nitrogens with one attached hydrogen (secondary N) is 2. The summed E-state index contributed by atoms with van der Waals surface area (Å²) in [5.74, 6) is 5.28. The molecule has 110 valence electrons. The van der Waals surface area contributed by atoms with E-state index in [2.05, 4.69) is 5.32 Å². The van der Waals surface area contributed by atoms with Crippen LogP contribution in [0.25, 0.3) is 0 Å². The van der Waals surface area contributed by atoms with Crippen LogP contribution in [0, 0.1) is 5.92 Å². The molecule has 2 amide bonds. The van der Waals surface area contributed by atoms with Gasteiger partial charge in [-0.2, -0.15) is 0 Å².